The van der Waals surface area contributed by atoms with Gasteiger partial charge in [0, 0.05) is 34.0 Å². The second-order valence-corrected chi connectivity index (χ2v) is 7.28. The highest BCUT2D eigenvalue weighted by atomic mass is 32.2. The second kappa shape index (κ2) is 7.53. The van der Waals surface area contributed by atoms with Crippen molar-refractivity contribution >= 4 is 45.5 Å². The van der Waals surface area contributed by atoms with Crippen LogP contribution in [0.5, 0.6) is 0 Å². The Kier molecular flexibility index (Phi) is 5.20. The molecule has 0 aliphatic carbocycles. The minimum Gasteiger partial charge on any atom is -0.301 e. The van der Waals surface area contributed by atoms with Gasteiger partial charge in [-0.3, -0.25) is 9.78 Å². The van der Waals surface area contributed by atoms with E-state index < -0.39 is 0 Å². The van der Waals surface area contributed by atoms with Gasteiger partial charge in [0.2, 0.25) is 5.91 Å². The van der Waals surface area contributed by atoms with Crippen LogP contribution in [0.1, 0.15) is 4.88 Å². The van der Waals surface area contributed by atoms with Crippen molar-refractivity contribution in [3.8, 4) is 11.3 Å². The highest BCUT2D eigenvalue weighted by Gasteiger charge is 2.08. The maximum atomic E-state index is 11.9. The molecule has 1 N–H and O–H groups in total. The first-order chi connectivity index (χ1) is 10.8. The summed E-state index contributed by atoms with van der Waals surface area (Å²) >= 11 is 4.74. The molecule has 0 radical (unpaired) electrons. The molecule has 0 aromatic carbocycles. The molecule has 7 heteroatoms. The zero-order valence-corrected chi connectivity index (χ0v) is 14.0. The van der Waals surface area contributed by atoms with Gasteiger partial charge >= 0.3 is 0 Å². The van der Waals surface area contributed by atoms with Gasteiger partial charge in [-0.25, -0.2) is 4.98 Å². The number of thiophene rings is 1. The van der Waals surface area contributed by atoms with E-state index in [4.69, 9.17) is 0 Å². The van der Waals surface area contributed by atoms with E-state index in [0.717, 1.165) is 17.0 Å². The Hall–Kier alpha value is -1.70. The summed E-state index contributed by atoms with van der Waals surface area (Å²) in [6.45, 7) is 0. The van der Waals surface area contributed by atoms with Crippen molar-refractivity contribution in [1.82, 2.24) is 9.97 Å². The number of thiazole rings is 1. The molecule has 0 aliphatic rings. The summed E-state index contributed by atoms with van der Waals surface area (Å²) in [6.07, 6.45) is 3.49. The Balaban J connectivity index is 1.50. The Morgan fingerprint density at radius 3 is 3.00 bits per heavy atom. The van der Waals surface area contributed by atoms with Crippen LogP contribution in [0.3, 0.4) is 0 Å². The van der Waals surface area contributed by atoms with Gasteiger partial charge in [0.05, 0.1) is 11.4 Å². The number of hydrogen-bond acceptors (Lipinski definition) is 6. The Bertz CT molecular complexity index is 726. The molecule has 0 fully saturated rings. The van der Waals surface area contributed by atoms with Gasteiger partial charge in [0.15, 0.2) is 5.13 Å². The summed E-state index contributed by atoms with van der Waals surface area (Å²) < 4.78 is 0. The minimum atomic E-state index is -0.0198. The first kappa shape index (κ1) is 15.2. The van der Waals surface area contributed by atoms with Crippen molar-refractivity contribution in [1.29, 1.82) is 0 Å². The molecule has 3 rings (SSSR count). The van der Waals surface area contributed by atoms with Crippen molar-refractivity contribution in [3.05, 3.63) is 52.3 Å². The number of carbonyl (C=O) groups excluding carboxylic acids is 1. The highest BCUT2D eigenvalue weighted by Crippen LogP contribution is 2.24. The number of carbonyl (C=O) groups is 1. The average Bonchev–Trinajstić information content (AvgIpc) is 3.20. The van der Waals surface area contributed by atoms with Gasteiger partial charge in [-0.1, -0.05) is 6.07 Å². The number of anilines is 1. The van der Waals surface area contributed by atoms with Crippen molar-refractivity contribution in [2.24, 2.45) is 0 Å². The van der Waals surface area contributed by atoms with Gasteiger partial charge in [-0.15, -0.1) is 34.4 Å². The molecule has 0 atom stereocenters. The molecule has 4 nitrogen and oxygen atoms in total. The molecule has 3 aromatic heterocycles. The number of amides is 1. The Morgan fingerprint density at radius 2 is 2.23 bits per heavy atom. The third kappa shape index (κ3) is 4.16. The van der Waals surface area contributed by atoms with Crippen LogP contribution in [0.2, 0.25) is 0 Å². The fraction of sp³-hybridized carbons (Fsp3) is 0.133. The van der Waals surface area contributed by atoms with Gasteiger partial charge in [0.1, 0.15) is 0 Å². The van der Waals surface area contributed by atoms with E-state index in [1.807, 2.05) is 29.0 Å². The van der Waals surface area contributed by atoms with Crippen LogP contribution in [0.15, 0.2) is 47.4 Å². The van der Waals surface area contributed by atoms with E-state index in [-0.39, 0.29) is 5.91 Å². The van der Waals surface area contributed by atoms with Gasteiger partial charge in [0.25, 0.3) is 0 Å². The summed E-state index contributed by atoms with van der Waals surface area (Å²) in [6, 6.07) is 7.92. The summed E-state index contributed by atoms with van der Waals surface area (Å²) in [5, 5.41) is 7.44. The summed E-state index contributed by atoms with van der Waals surface area (Å²) in [7, 11) is 0. The number of nitrogens with zero attached hydrogens (tertiary/aromatic N) is 2. The van der Waals surface area contributed by atoms with E-state index in [1.165, 1.54) is 16.2 Å². The second-order valence-electron chi connectivity index (χ2n) is 4.40. The molecule has 22 heavy (non-hydrogen) atoms. The lowest BCUT2D eigenvalue weighted by Crippen LogP contribution is -2.13. The van der Waals surface area contributed by atoms with Gasteiger partial charge < -0.3 is 5.32 Å². The fourth-order valence-electron chi connectivity index (χ4n) is 1.77. The zero-order valence-electron chi connectivity index (χ0n) is 11.6. The molecular weight excluding hydrogens is 334 g/mol. The van der Waals surface area contributed by atoms with Crippen molar-refractivity contribution in [3.63, 3.8) is 0 Å². The van der Waals surface area contributed by atoms with Crippen LogP contribution in [-0.2, 0) is 10.5 Å². The SMILES string of the molecule is O=C(CSCc1cccs1)Nc1nc(-c2cccnc2)cs1. The van der Waals surface area contributed by atoms with Gasteiger partial charge in [-0.05, 0) is 23.6 Å². The number of thioether (sulfide) groups is 1. The van der Waals surface area contributed by atoms with E-state index in [0.29, 0.717) is 10.9 Å². The normalized spacial score (nSPS) is 10.5. The van der Waals surface area contributed by atoms with Crippen molar-refractivity contribution in [2.75, 3.05) is 11.1 Å². The lowest BCUT2D eigenvalue weighted by Gasteiger charge is -2.01. The summed E-state index contributed by atoms with van der Waals surface area (Å²) in [4.78, 5) is 21.7. The number of aromatic nitrogens is 2. The third-order valence-corrected chi connectivity index (χ3v) is 5.56. The average molecular weight is 347 g/mol. The molecule has 0 saturated carbocycles. The predicted octanol–water partition coefficient (Wildman–Crippen LogP) is 4.14. The van der Waals surface area contributed by atoms with E-state index in [9.17, 15) is 4.79 Å². The topological polar surface area (TPSA) is 54.9 Å². The van der Waals surface area contributed by atoms with E-state index >= 15 is 0 Å². The molecule has 3 heterocycles. The lowest BCUT2D eigenvalue weighted by atomic mass is 10.2. The Labute approximate surface area is 140 Å². The van der Waals surface area contributed by atoms with Crippen LogP contribution >= 0.6 is 34.4 Å². The Morgan fingerprint density at radius 1 is 1.27 bits per heavy atom. The van der Waals surface area contributed by atoms with Crippen LogP contribution < -0.4 is 5.32 Å². The number of nitrogens with one attached hydrogen (secondary N) is 1. The first-order valence-corrected chi connectivity index (χ1v) is 9.48. The maximum absolute atomic E-state index is 11.9. The number of hydrogen-bond donors (Lipinski definition) is 1. The molecule has 3 aromatic rings. The molecule has 112 valence electrons. The minimum absolute atomic E-state index is 0.0198. The smallest absolute Gasteiger partial charge is 0.236 e. The molecule has 0 saturated heterocycles. The lowest BCUT2D eigenvalue weighted by molar-refractivity contribution is -0.113. The van der Waals surface area contributed by atoms with Crippen LogP contribution in [-0.4, -0.2) is 21.6 Å². The quantitative estimate of drug-likeness (QED) is 0.728. The fourth-order valence-corrected chi connectivity index (χ4v) is 4.18. The monoisotopic (exact) mass is 347 g/mol. The van der Waals surface area contributed by atoms with E-state index in [1.54, 1.807) is 35.5 Å². The molecule has 1 amide bonds. The number of pyridine rings is 1. The molecule has 0 bridgehead atoms. The molecule has 0 spiro atoms. The first-order valence-electron chi connectivity index (χ1n) is 6.57. The van der Waals surface area contributed by atoms with E-state index in [2.05, 4.69) is 21.4 Å². The summed E-state index contributed by atoms with van der Waals surface area (Å²) in [5.41, 5.74) is 1.78. The van der Waals surface area contributed by atoms with Crippen LogP contribution in [0.4, 0.5) is 5.13 Å². The van der Waals surface area contributed by atoms with Crippen LogP contribution in [0.25, 0.3) is 11.3 Å². The van der Waals surface area contributed by atoms with Crippen molar-refractivity contribution < 1.29 is 4.79 Å². The maximum Gasteiger partial charge on any atom is 0.236 e. The molecule has 0 aliphatic heterocycles. The standard InChI is InChI=1S/C15H13N3OS3/c19-14(10-20-8-12-4-2-6-21-12)18-15-17-13(9-22-15)11-3-1-5-16-7-11/h1-7,9H,8,10H2,(H,17,18,19). The van der Waals surface area contributed by atoms with Gasteiger partial charge in [-0.2, -0.15) is 0 Å². The number of rotatable bonds is 6. The largest absolute Gasteiger partial charge is 0.301 e. The van der Waals surface area contributed by atoms with Crippen molar-refractivity contribution in [2.45, 2.75) is 5.75 Å². The summed E-state index contributed by atoms with van der Waals surface area (Å²) in [5.74, 6) is 1.28. The van der Waals surface area contributed by atoms with Crippen LogP contribution in [0, 0.1) is 0 Å². The zero-order chi connectivity index (χ0) is 15.2. The highest BCUT2D eigenvalue weighted by molar-refractivity contribution is 7.99. The third-order valence-electron chi connectivity index (χ3n) is 2.77. The molecular formula is C15H13N3OS3. The molecule has 0 unspecified atom stereocenters. The predicted molar refractivity (Wildman–Crippen MR) is 94.5 cm³/mol.